The topological polar surface area (TPSA) is 56.9 Å². The largest absolute Gasteiger partial charge is 0.393 e. The van der Waals surface area contributed by atoms with Gasteiger partial charge in [-0.25, -0.2) is 4.98 Å². The average Bonchev–Trinajstić information content (AvgIpc) is 3.44. The molecule has 0 spiro atoms. The van der Waals surface area contributed by atoms with Crippen molar-refractivity contribution >= 4 is 11.5 Å². The zero-order chi connectivity index (χ0) is 19.8. The van der Waals surface area contributed by atoms with E-state index in [1.165, 1.54) is 37.1 Å². The van der Waals surface area contributed by atoms with Crippen molar-refractivity contribution in [3.8, 4) is 11.3 Å². The number of nitrogens with zero attached hydrogens (tertiary/aromatic N) is 5. The molecule has 2 aliphatic rings. The minimum Gasteiger partial charge on any atom is -0.393 e. The van der Waals surface area contributed by atoms with Crippen molar-refractivity contribution in [1.82, 2.24) is 19.3 Å². The highest BCUT2D eigenvalue weighted by Gasteiger charge is 2.22. The van der Waals surface area contributed by atoms with E-state index < -0.39 is 0 Å². The monoisotopic (exact) mass is 391 g/mol. The number of imidazole rings is 1. The Bertz CT molecular complexity index is 986. The third-order valence-electron chi connectivity index (χ3n) is 6.54. The Kier molecular flexibility index (Phi) is 4.97. The number of aliphatic hydroxyl groups excluding tert-OH is 1. The summed E-state index contributed by atoms with van der Waals surface area (Å²) in [6.45, 7) is 6.37. The van der Waals surface area contributed by atoms with E-state index in [1.54, 1.807) is 0 Å². The third kappa shape index (κ3) is 3.51. The van der Waals surface area contributed by atoms with Gasteiger partial charge >= 0.3 is 0 Å². The van der Waals surface area contributed by atoms with E-state index in [2.05, 4.69) is 55.4 Å². The molecule has 1 aromatic carbocycles. The first-order valence-electron chi connectivity index (χ1n) is 10.8. The maximum Gasteiger partial charge on any atom is 0.157 e. The molecule has 29 heavy (non-hydrogen) atoms. The van der Waals surface area contributed by atoms with Crippen molar-refractivity contribution < 1.29 is 5.11 Å². The van der Waals surface area contributed by atoms with Gasteiger partial charge < -0.3 is 10.0 Å². The van der Waals surface area contributed by atoms with Crippen LogP contribution in [0.1, 0.15) is 44.2 Å². The van der Waals surface area contributed by atoms with Crippen LogP contribution in [-0.4, -0.2) is 56.7 Å². The Balaban J connectivity index is 1.53. The average molecular weight is 392 g/mol. The number of aliphatic hydroxyl groups is 1. The Morgan fingerprint density at radius 3 is 2.62 bits per heavy atom. The smallest absolute Gasteiger partial charge is 0.157 e. The van der Waals surface area contributed by atoms with Gasteiger partial charge in [0.15, 0.2) is 5.65 Å². The van der Waals surface area contributed by atoms with Crippen molar-refractivity contribution in [2.75, 3.05) is 31.1 Å². The van der Waals surface area contributed by atoms with Crippen LogP contribution in [0.4, 0.5) is 5.82 Å². The Morgan fingerprint density at radius 1 is 1.03 bits per heavy atom. The molecule has 2 aromatic heterocycles. The summed E-state index contributed by atoms with van der Waals surface area (Å²) in [6.07, 6.45) is 9.71. The van der Waals surface area contributed by atoms with Crippen LogP contribution in [0.5, 0.6) is 0 Å². The van der Waals surface area contributed by atoms with Crippen LogP contribution < -0.4 is 4.90 Å². The van der Waals surface area contributed by atoms with Gasteiger partial charge in [0.1, 0.15) is 5.82 Å². The molecule has 1 N–H and O–H groups in total. The highest BCUT2D eigenvalue weighted by molar-refractivity contribution is 5.67. The maximum atomic E-state index is 9.89. The predicted molar refractivity (Wildman–Crippen MR) is 115 cm³/mol. The van der Waals surface area contributed by atoms with Crippen LogP contribution in [0.3, 0.4) is 0 Å². The summed E-state index contributed by atoms with van der Waals surface area (Å²) in [5.74, 6) is 1.06. The first kappa shape index (κ1) is 18.6. The molecule has 2 fully saturated rings. The number of piperidine rings is 1. The lowest BCUT2D eigenvalue weighted by Crippen LogP contribution is -2.36. The van der Waals surface area contributed by atoms with E-state index in [9.17, 15) is 5.11 Å². The van der Waals surface area contributed by atoms with Crippen molar-refractivity contribution in [1.29, 1.82) is 0 Å². The summed E-state index contributed by atoms with van der Waals surface area (Å²) < 4.78 is 2.21. The van der Waals surface area contributed by atoms with Gasteiger partial charge in [-0.1, -0.05) is 18.2 Å². The predicted octanol–water partition coefficient (Wildman–Crippen LogP) is 3.51. The van der Waals surface area contributed by atoms with Gasteiger partial charge in [0.2, 0.25) is 0 Å². The molecular weight excluding hydrogens is 362 g/mol. The summed E-state index contributed by atoms with van der Waals surface area (Å²) in [7, 11) is 0. The van der Waals surface area contributed by atoms with Crippen molar-refractivity contribution in [3.63, 3.8) is 0 Å². The van der Waals surface area contributed by atoms with Gasteiger partial charge in [0.05, 0.1) is 30.4 Å². The molecule has 4 heterocycles. The van der Waals surface area contributed by atoms with Crippen LogP contribution in [-0.2, 0) is 0 Å². The van der Waals surface area contributed by atoms with Gasteiger partial charge in [0, 0.05) is 24.7 Å². The van der Waals surface area contributed by atoms with Crippen molar-refractivity contribution in [3.05, 3.63) is 48.4 Å². The molecule has 2 aliphatic heterocycles. The maximum absolute atomic E-state index is 9.89. The molecule has 6 heteroatoms. The van der Waals surface area contributed by atoms with Gasteiger partial charge in [-0.2, -0.15) is 0 Å². The lowest BCUT2D eigenvalue weighted by atomic mass is 10.0. The SMILES string of the molecule is CC(c1cccc(-c2cnc3cncc(N4CCC(O)CC4)n23)c1)N1CCCC1. The van der Waals surface area contributed by atoms with Gasteiger partial charge in [-0.05, 0) is 57.3 Å². The van der Waals surface area contributed by atoms with E-state index in [0.717, 1.165) is 43.1 Å². The Labute approximate surface area is 171 Å². The number of hydrogen-bond donors (Lipinski definition) is 1. The van der Waals surface area contributed by atoms with Gasteiger partial charge in [0.25, 0.3) is 0 Å². The molecule has 0 saturated carbocycles. The highest BCUT2D eigenvalue weighted by Crippen LogP contribution is 2.31. The first-order chi connectivity index (χ1) is 14.2. The minimum absolute atomic E-state index is 0.190. The normalized spacial score (nSPS) is 19.9. The number of aromatic nitrogens is 3. The number of anilines is 1. The first-order valence-corrected chi connectivity index (χ1v) is 10.8. The van der Waals surface area contributed by atoms with Gasteiger partial charge in [-0.3, -0.25) is 14.3 Å². The summed E-state index contributed by atoms with van der Waals surface area (Å²) in [6, 6.07) is 9.32. The molecule has 2 saturated heterocycles. The summed E-state index contributed by atoms with van der Waals surface area (Å²) >= 11 is 0. The highest BCUT2D eigenvalue weighted by atomic mass is 16.3. The van der Waals surface area contributed by atoms with Crippen LogP contribution in [0.2, 0.25) is 0 Å². The second-order valence-electron chi connectivity index (χ2n) is 8.37. The van der Waals surface area contributed by atoms with Crippen molar-refractivity contribution in [2.45, 2.75) is 44.8 Å². The van der Waals surface area contributed by atoms with E-state index in [-0.39, 0.29) is 6.10 Å². The number of likely N-dealkylation sites (tertiary alicyclic amines) is 1. The summed E-state index contributed by atoms with van der Waals surface area (Å²) in [5.41, 5.74) is 4.50. The fourth-order valence-corrected chi connectivity index (χ4v) is 4.75. The van der Waals surface area contributed by atoms with Crippen molar-refractivity contribution in [2.24, 2.45) is 0 Å². The summed E-state index contributed by atoms with van der Waals surface area (Å²) in [5, 5.41) is 9.89. The number of fused-ring (bicyclic) bond motifs is 1. The molecule has 152 valence electrons. The fraction of sp³-hybridized carbons (Fsp3) is 0.478. The zero-order valence-electron chi connectivity index (χ0n) is 17.0. The molecule has 0 aliphatic carbocycles. The third-order valence-corrected chi connectivity index (χ3v) is 6.54. The molecular formula is C23H29N5O. The number of hydrogen-bond acceptors (Lipinski definition) is 5. The Hall–Kier alpha value is -2.44. The van der Waals surface area contributed by atoms with Crippen LogP contribution in [0.25, 0.3) is 16.9 Å². The zero-order valence-corrected chi connectivity index (χ0v) is 17.0. The molecule has 3 aromatic rings. The lowest BCUT2D eigenvalue weighted by molar-refractivity contribution is 0.145. The molecule has 6 nitrogen and oxygen atoms in total. The molecule has 1 unspecified atom stereocenters. The second kappa shape index (κ2) is 7.76. The van der Waals surface area contributed by atoms with E-state index in [0.29, 0.717) is 6.04 Å². The molecule has 0 amide bonds. The minimum atomic E-state index is -0.190. The standard InChI is InChI=1S/C23H29N5O/c1-17(26-9-2-3-10-26)18-5-4-6-19(13-18)21-14-25-22-15-24-16-23(28(21)22)27-11-7-20(29)8-12-27/h4-6,13-17,20,29H,2-3,7-12H2,1H3. The molecule has 1 atom stereocenters. The number of benzene rings is 1. The summed E-state index contributed by atoms with van der Waals surface area (Å²) in [4.78, 5) is 13.9. The van der Waals surface area contributed by atoms with Crippen LogP contribution in [0.15, 0.2) is 42.9 Å². The Morgan fingerprint density at radius 2 is 1.83 bits per heavy atom. The van der Waals surface area contributed by atoms with E-state index in [1.807, 2.05) is 18.6 Å². The number of rotatable bonds is 4. The molecule has 5 rings (SSSR count). The van der Waals surface area contributed by atoms with Gasteiger partial charge in [-0.15, -0.1) is 0 Å². The second-order valence-corrected chi connectivity index (χ2v) is 8.37. The quantitative estimate of drug-likeness (QED) is 0.738. The molecule has 0 radical (unpaired) electrons. The fourth-order valence-electron chi connectivity index (χ4n) is 4.75. The lowest BCUT2D eigenvalue weighted by Gasteiger charge is -2.31. The van der Waals surface area contributed by atoms with Crippen LogP contribution in [0, 0.1) is 0 Å². The van der Waals surface area contributed by atoms with Crippen LogP contribution >= 0.6 is 0 Å². The van der Waals surface area contributed by atoms with E-state index >= 15 is 0 Å². The van der Waals surface area contributed by atoms with E-state index in [4.69, 9.17) is 0 Å². The molecule has 0 bridgehead atoms.